The standard InChI is InChI=1S/C24H22N4O4/c1-16-6-3-4-9-21(16)31-15-19-10-11-22(32-19)24(30)26-18-8-5-7-17(14-18)25-23(29)20-12-13-28(2)27-20/h3-14H,15H2,1-2H3,(H,25,29)(H,26,30). The van der Waals surface area contributed by atoms with Crippen molar-refractivity contribution in [3.8, 4) is 5.75 Å². The third kappa shape index (κ3) is 5.04. The lowest BCUT2D eigenvalue weighted by Gasteiger charge is -2.08. The molecule has 0 aliphatic rings. The van der Waals surface area contributed by atoms with Crippen LogP contribution in [0.4, 0.5) is 11.4 Å². The Hall–Kier alpha value is -4.33. The van der Waals surface area contributed by atoms with Crippen molar-refractivity contribution < 1.29 is 18.7 Å². The fourth-order valence-electron chi connectivity index (χ4n) is 3.04. The topological polar surface area (TPSA) is 98.4 Å². The molecule has 0 saturated carbocycles. The Morgan fingerprint density at radius 3 is 2.44 bits per heavy atom. The molecule has 0 unspecified atom stereocenters. The molecule has 0 aliphatic heterocycles. The number of benzene rings is 2. The number of carbonyl (C=O) groups excluding carboxylic acids is 2. The largest absolute Gasteiger partial charge is 0.485 e. The van der Waals surface area contributed by atoms with Crippen molar-refractivity contribution in [2.45, 2.75) is 13.5 Å². The third-order valence-electron chi connectivity index (χ3n) is 4.67. The second-order valence-corrected chi connectivity index (χ2v) is 7.18. The summed E-state index contributed by atoms with van der Waals surface area (Å²) in [6.45, 7) is 2.18. The number of nitrogens with zero attached hydrogens (tertiary/aromatic N) is 2. The Bertz CT molecular complexity index is 1260. The van der Waals surface area contributed by atoms with Gasteiger partial charge in [0, 0.05) is 24.6 Å². The Labute approximate surface area is 184 Å². The van der Waals surface area contributed by atoms with Gasteiger partial charge in [0.2, 0.25) is 0 Å². The van der Waals surface area contributed by atoms with Crippen LogP contribution in [-0.4, -0.2) is 21.6 Å². The predicted molar refractivity (Wildman–Crippen MR) is 120 cm³/mol. The van der Waals surface area contributed by atoms with Crippen molar-refractivity contribution >= 4 is 23.2 Å². The molecule has 0 atom stereocenters. The van der Waals surface area contributed by atoms with E-state index in [1.807, 2.05) is 31.2 Å². The first-order chi connectivity index (χ1) is 15.5. The van der Waals surface area contributed by atoms with Gasteiger partial charge in [-0.15, -0.1) is 0 Å². The minimum absolute atomic E-state index is 0.163. The van der Waals surface area contributed by atoms with Crippen molar-refractivity contribution in [2.75, 3.05) is 10.6 Å². The summed E-state index contributed by atoms with van der Waals surface area (Å²) in [5.41, 5.74) is 2.37. The second-order valence-electron chi connectivity index (χ2n) is 7.18. The number of para-hydroxylation sites is 1. The van der Waals surface area contributed by atoms with Gasteiger partial charge in [-0.05, 0) is 55.0 Å². The molecule has 0 aliphatic carbocycles. The fraction of sp³-hybridized carbons (Fsp3) is 0.125. The highest BCUT2D eigenvalue weighted by molar-refractivity contribution is 6.04. The van der Waals surface area contributed by atoms with Gasteiger partial charge in [-0.3, -0.25) is 14.3 Å². The Kier molecular flexibility index (Phi) is 6.03. The number of nitrogens with one attached hydrogen (secondary N) is 2. The molecule has 2 heterocycles. The SMILES string of the molecule is Cc1ccccc1OCc1ccc(C(=O)Nc2cccc(NC(=O)c3ccn(C)n3)c2)o1. The van der Waals surface area contributed by atoms with Gasteiger partial charge in [-0.25, -0.2) is 0 Å². The molecular weight excluding hydrogens is 408 g/mol. The van der Waals surface area contributed by atoms with E-state index in [1.54, 1.807) is 60.4 Å². The Morgan fingerprint density at radius 2 is 1.72 bits per heavy atom. The molecule has 2 N–H and O–H groups in total. The lowest BCUT2D eigenvalue weighted by molar-refractivity contribution is 0.0991. The first-order valence-corrected chi connectivity index (χ1v) is 9.97. The Morgan fingerprint density at radius 1 is 0.969 bits per heavy atom. The highest BCUT2D eigenvalue weighted by atomic mass is 16.5. The molecule has 8 nitrogen and oxygen atoms in total. The zero-order valence-electron chi connectivity index (χ0n) is 17.7. The number of amides is 2. The number of anilines is 2. The van der Waals surface area contributed by atoms with Crippen LogP contribution in [0.15, 0.2) is 77.3 Å². The molecule has 0 spiro atoms. The number of hydrogen-bond donors (Lipinski definition) is 2. The quantitative estimate of drug-likeness (QED) is 0.453. The molecule has 2 amide bonds. The Balaban J connectivity index is 1.36. The van der Waals surface area contributed by atoms with E-state index in [1.165, 1.54) is 0 Å². The average Bonchev–Trinajstić information content (AvgIpc) is 3.43. The van der Waals surface area contributed by atoms with Crippen molar-refractivity contribution in [3.05, 3.63) is 95.7 Å². The highest BCUT2D eigenvalue weighted by Crippen LogP contribution is 2.20. The van der Waals surface area contributed by atoms with Crippen LogP contribution in [0.2, 0.25) is 0 Å². The van der Waals surface area contributed by atoms with Gasteiger partial charge in [0.15, 0.2) is 11.5 Å². The molecular formula is C24H22N4O4. The van der Waals surface area contributed by atoms with Gasteiger partial charge >= 0.3 is 0 Å². The molecule has 8 heteroatoms. The summed E-state index contributed by atoms with van der Waals surface area (Å²) in [6.07, 6.45) is 1.69. The number of furan rings is 1. The molecule has 0 fully saturated rings. The van der Waals surface area contributed by atoms with Crippen molar-refractivity contribution in [1.82, 2.24) is 9.78 Å². The number of aromatic nitrogens is 2. The van der Waals surface area contributed by atoms with E-state index in [0.29, 0.717) is 22.8 Å². The fourth-order valence-corrected chi connectivity index (χ4v) is 3.04. The van der Waals surface area contributed by atoms with Gasteiger partial charge in [0.25, 0.3) is 11.8 Å². The maximum absolute atomic E-state index is 12.6. The van der Waals surface area contributed by atoms with Crippen molar-refractivity contribution in [2.24, 2.45) is 7.05 Å². The number of carbonyl (C=O) groups is 2. The minimum Gasteiger partial charge on any atom is -0.485 e. The number of ether oxygens (including phenoxy) is 1. The van der Waals surface area contributed by atoms with Crippen LogP contribution in [0.5, 0.6) is 5.75 Å². The normalized spacial score (nSPS) is 10.6. The first kappa shape index (κ1) is 20.9. The third-order valence-corrected chi connectivity index (χ3v) is 4.67. The van der Waals surface area contributed by atoms with E-state index in [-0.39, 0.29) is 18.3 Å². The van der Waals surface area contributed by atoms with Gasteiger partial charge in [-0.2, -0.15) is 5.10 Å². The molecule has 4 rings (SSSR count). The van der Waals surface area contributed by atoms with Crippen LogP contribution in [0.3, 0.4) is 0 Å². The summed E-state index contributed by atoms with van der Waals surface area (Å²) in [5.74, 6) is 0.726. The smallest absolute Gasteiger partial charge is 0.291 e. The maximum atomic E-state index is 12.6. The average molecular weight is 430 g/mol. The summed E-state index contributed by atoms with van der Waals surface area (Å²) in [5, 5.41) is 9.60. The lowest BCUT2D eigenvalue weighted by Crippen LogP contribution is -2.14. The second kappa shape index (κ2) is 9.22. The molecule has 2 aromatic heterocycles. The van der Waals surface area contributed by atoms with E-state index < -0.39 is 5.91 Å². The van der Waals surface area contributed by atoms with E-state index in [9.17, 15) is 9.59 Å². The molecule has 0 saturated heterocycles. The molecule has 32 heavy (non-hydrogen) atoms. The zero-order valence-corrected chi connectivity index (χ0v) is 17.7. The summed E-state index contributed by atoms with van der Waals surface area (Å²) >= 11 is 0. The minimum atomic E-state index is -0.402. The van der Waals surface area contributed by atoms with Gasteiger partial charge in [0.1, 0.15) is 18.1 Å². The van der Waals surface area contributed by atoms with Gasteiger partial charge < -0.3 is 19.8 Å². The predicted octanol–water partition coefficient (Wildman–Crippen LogP) is 4.41. The van der Waals surface area contributed by atoms with E-state index in [4.69, 9.17) is 9.15 Å². The van der Waals surface area contributed by atoms with Crippen LogP contribution >= 0.6 is 0 Å². The van der Waals surface area contributed by atoms with Gasteiger partial charge in [0.05, 0.1) is 0 Å². The van der Waals surface area contributed by atoms with E-state index >= 15 is 0 Å². The molecule has 0 radical (unpaired) electrons. The number of hydrogen-bond acceptors (Lipinski definition) is 5. The van der Waals surface area contributed by atoms with Crippen LogP contribution < -0.4 is 15.4 Å². The molecule has 2 aromatic carbocycles. The zero-order chi connectivity index (χ0) is 22.5. The molecule has 0 bridgehead atoms. The molecule has 4 aromatic rings. The summed E-state index contributed by atoms with van der Waals surface area (Å²) in [7, 11) is 1.74. The summed E-state index contributed by atoms with van der Waals surface area (Å²) in [4.78, 5) is 24.8. The van der Waals surface area contributed by atoms with Crippen LogP contribution in [-0.2, 0) is 13.7 Å². The monoisotopic (exact) mass is 430 g/mol. The highest BCUT2D eigenvalue weighted by Gasteiger charge is 2.14. The van der Waals surface area contributed by atoms with Crippen molar-refractivity contribution in [1.29, 1.82) is 0 Å². The first-order valence-electron chi connectivity index (χ1n) is 9.97. The number of rotatable bonds is 7. The summed E-state index contributed by atoms with van der Waals surface area (Å²) in [6, 6.07) is 19.4. The van der Waals surface area contributed by atoms with Crippen LogP contribution in [0.1, 0.15) is 32.4 Å². The van der Waals surface area contributed by atoms with E-state index in [2.05, 4.69) is 15.7 Å². The maximum Gasteiger partial charge on any atom is 0.291 e. The van der Waals surface area contributed by atoms with E-state index in [0.717, 1.165) is 11.3 Å². The molecule has 162 valence electrons. The van der Waals surface area contributed by atoms with Crippen LogP contribution in [0, 0.1) is 6.92 Å². The van der Waals surface area contributed by atoms with Gasteiger partial charge in [-0.1, -0.05) is 24.3 Å². The summed E-state index contributed by atoms with van der Waals surface area (Å²) < 4.78 is 12.9. The van der Waals surface area contributed by atoms with Crippen molar-refractivity contribution in [3.63, 3.8) is 0 Å². The number of aryl methyl sites for hydroxylation is 2. The lowest BCUT2D eigenvalue weighted by atomic mass is 10.2. The van der Waals surface area contributed by atoms with Crippen LogP contribution in [0.25, 0.3) is 0 Å².